The van der Waals surface area contributed by atoms with Crippen molar-refractivity contribution in [2.75, 3.05) is 13.1 Å². The molecule has 1 atom stereocenters. The molecule has 0 radical (unpaired) electrons. The van der Waals surface area contributed by atoms with Crippen LogP contribution in [0, 0.1) is 0 Å². The molecule has 5 nitrogen and oxygen atoms in total. The van der Waals surface area contributed by atoms with Gasteiger partial charge in [0.2, 0.25) is 5.91 Å². The monoisotopic (exact) mass is 304 g/mol. The molecule has 0 saturated carbocycles. The Labute approximate surface area is 128 Å². The largest absolute Gasteiger partial charge is 0.340 e. The van der Waals surface area contributed by atoms with Crippen molar-refractivity contribution in [3.63, 3.8) is 0 Å². The quantitative estimate of drug-likeness (QED) is 0.871. The number of rotatable bonds is 4. The second kappa shape index (κ2) is 6.39. The predicted molar refractivity (Wildman–Crippen MR) is 82.3 cm³/mol. The molecule has 21 heavy (non-hydrogen) atoms. The Morgan fingerprint density at radius 2 is 2.43 bits per heavy atom. The van der Waals surface area contributed by atoms with E-state index in [9.17, 15) is 4.79 Å². The summed E-state index contributed by atoms with van der Waals surface area (Å²) in [6, 6.07) is 0.354. The molecular weight excluding hydrogens is 284 g/mol. The highest BCUT2D eigenvalue weighted by atomic mass is 32.1. The number of aromatic nitrogens is 3. The van der Waals surface area contributed by atoms with Gasteiger partial charge < -0.3 is 9.47 Å². The molecule has 3 heterocycles. The Morgan fingerprint density at radius 1 is 1.52 bits per heavy atom. The number of nitrogens with zero attached hydrogens (tertiary/aromatic N) is 4. The van der Waals surface area contributed by atoms with Gasteiger partial charge in [-0.3, -0.25) is 4.79 Å². The molecule has 1 aliphatic rings. The summed E-state index contributed by atoms with van der Waals surface area (Å²) < 4.78 is 2.11. The van der Waals surface area contributed by atoms with Gasteiger partial charge in [-0.15, -0.1) is 11.3 Å². The molecule has 1 aliphatic heterocycles. The number of thiazole rings is 1. The Balaban J connectivity index is 1.61. The number of imidazole rings is 1. The molecule has 6 heteroatoms. The van der Waals surface area contributed by atoms with Crippen molar-refractivity contribution in [1.29, 1.82) is 0 Å². The molecule has 0 N–H and O–H groups in total. The average molecular weight is 304 g/mol. The minimum Gasteiger partial charge on any atom is -0.340 e. The fourth-order valence-electron chi connectivity index (χ4n) is 2.77. The zero-order valence-electron chi connectivity index (χ0n) is 12.2. The molecule has 0 unspecified atom stereocenters. The summed E-state index contributed by atoms with van der Waals surface area (Å²) in [6.45, 7) is 3.72. The maximum absolute atomic E-state index is 12.4. The number of carbonyl (C=O) groups excluding carboxylic acids is 1. The van der Waals surface area contributed by atoms with Gasteiger partial charge in [0.05, 0.1) is 29.5 Å². The summed E-state index contributed by atoms with van der Waals surface area (Å²) in [4.78, 5) is 23.0. The molecule has 3 rings (SSSR count). The minimum absolute atomic E-state index is 0.188. The van der Waals surface area contributed by atoms with E-state index in [1.165, 1.54) is 0 Å². The highest BCUT2D eigenvalue weighted by molar-refractivity contribution is 7.09. The van der Waals surface area contributed by atoms with Gasteiger partial charge in [-0.05, 0) is 19.3 Å². The minimum atomic E-state index is 0.188. The van der Waals surface area contributed by atoms with Crippen LogP contribution in [-0.2, 0) is 17.6 Å². The van der Waals surface area contributed by atoms with Crippen LogP contribution in [0.25, 0.3) is 0 Å². The van der Waals surface area contributed by atoms with Crippen LogP contribution < -0.4 is 0 Å². The molecule has 0 aliphatic carbocycles. The van der Waals surface area contributed by atoms with Crippen molar-refractivity contribution in [3.05, 3.63) is 34.8 Å². The fourth-order valence-corrected chi connectivity index (χ4v) is 3.51. The van der Waals surface area contributed by atoms with Gasteiger partial charge in [0.25, 0.3) is 0 Å². The lowest BCUT2D eigenvalue weighted by Crippen LogP contribution is -2.41. The summed E-state index contributed by atoms with van der Waals surface area (Å²) in [5.41, 5.74) is 0.909. The lowest BCUT2D eigenvalue weighted by atomic mass is 10.1. The Hall–Kier alpha value is -1.69. The van der Waals surface area contributed by atoms with Crippen LogP contribution in [-0.4, -0.2) is 38.4 Å². The first kappa shape index (κ1) is 14.3. The van der Waals surface area contributed by atoms with Crippen molar-refractivity contribution >= 4 is 17.2 Å². The van der Waals surface area contributed by atoms with Crippen LogP contribution in [0.5, 0.6) is 0 Å². The van der Waals surface area contributed by atoms with Crippen LogP contribution in [0.2, 0.25) is 0 Å². The highest BCUT2D eigenvalue weighted by Gasteiger charge is 2.24. The van der Waals surface area contributed by atoms with Gasteiger partial charge in [0.15, 0.2) is 0 Å². The van der Waals surface area contributed by atoms with Crippen LogP contribution in [0.3, 0.4) is 0 Å². The van der Waals surface area contributed by atoms with E-state index in [-0.39, 0.29) is 5.91 Å². The summed E-state index contributed by atoms with van der Waals surface area (Å²) in [7, 11) is 0. The zero-order chi connectivity index (χ0) is 14.7. The van der Waals surface area contributed by atoms with Gasteiger partial charge in [-0.25, -0.2) is 9.97 Å². The van der Waals surface area contributed by atoms with E-state index in [1.54, 1.807) is 17.5 Å². The van der Waals surface area contributed by atoms with Crippen LogP contribution in [0.1, 0.15) is 36.5 Å². The molecule has 0 spiro atoms. The zero-order valence-corrected chi connectivity index (χ0v) is 13.1. The fraction of sp³-hybridized carbons (Fsp3) is 0.533. The van der Waals surface area contributed by atoms with Crippen molar-refractivity contribution in [3.8, 4) is 0 Å². The first-order valence-corrected chi connectivity index (χ1v) is 8.32. The van der Waals surface area contributed by atoms with E-state index < -0.39 is 0 Å². The SMILES string of the molecule is CCc1nc(CC(=O)N2CCC[C@H](n3ccnc3)C2)cs1. The van der Waals surface area contributed by atoms with Crippen LogP contribution >= 0.6 is 11.3 Å². The number of aryl methyl sites for hydroxylation is 1. The number of piperidine rings is 1. The maximum atomic E-state index is 12.4. The predicted octanol–water partition coefficient (Wildman–Crippen LogP) is 2.31. The summed E-state index contributed by atoms with van der Waals surface area (Å²) in [5, 5.41) is 3.11. The smallest absolute Gasteiger partial charge is 0.228 e. The molecule has 1 saturated heterocycles. The standard InChI is InChI=1S/C15H20N4OS/c1-2-14-17-12(10-21-14)8-15(20)18-6-3-4-13(9-18)19-7-5-16-11-19/h5,7,10-11,13H,2-4,6,8-9H2,1H3/t13-/m0/s1. The molecule has 1 amide bonds. The van der Waals surface area contributed by atoms with Crippen molar-refractivity contribution in [1.82, 2.24) is 19.4 Å². The normalized spacial score (nSPS) is 18.9. The number of carbonyl (C=O) groups is 1. The van der Waals surface area contributed by atoms with E-state index in [2.05, 4.69) is 21.5 Å². The third-order valence-electron chi connectivity index (χ3n) is 3.93. The van der Waals surface area contributed by atoms with Gasteiger partial charge in [-0.2, -0.15) is 0 Å². The lowest BCUT2D eigenvalue weighted by Gasteiger charge is -2.33. The average Bonchev–Trinajstić information content (AvgIpc) is 3.18. The van der Waals surface area contributed by atoms with E-state index in [0.717, 1.165) is 43.1 Å². The van der Waals surface area contributed by atoms with E-state index >= 15 is 0 Å². The molecular formula is C15H20N4OS. The summed E-state index contributed by atoms with van der Waals surface area (Å²) >= 11 is 1.64. The van der Waals surface area contributed by atoms with Crippen molar-refractivity contribution in [2.24, 2.45) is 0 Å². The van der Waals surface area contributed by atoms with Crippen molar-refractivity contribution < 1.29 is 4.79 Å². The second-order valence-corrected chi connectivity index (χ2v) is 6.35. The Morgan fingerprint density at radius 3 is 3.14 bits per heavy atom. The van der Waals surface area contributed by atoms with Gasteiger partial charge in [0, 0.05) is 30.9 Å². The maximum Gasteiger partial charge on any atom is 0.228 e. The molecule has 112 valence electrons. The topological polar surface area (TPSA) is 51.0 Å². The van der Waals surface area contributed by atoms with Gasteiger partial charge >= 0.3 is 0 Å². The molecule has 2 aromatic heterocycles. The number of hydrogen-bond acceptors (Lipinski definition) is 4. The summed E-state index contributed by atoms with van der Waals surface area (Å²) in [6.07, 6.45) is 9.13. The third-order valence-corrected chi connectivity index (χ3v) is 4.97. The van der Waals surface area contributed by atoms with Crippen molar-refractivity contribution in [2.45, 2.75) is 38.6 Å². The first-order chi connectivity index (χ1) is 10.3. The highest BCUT2D eigenvalue weighted by Crippen LogP contribution is 2.22. The van der Waals surface area contributed by atoms with Crippen LogP contribution in [0.15, 0.2) is 24.1 Å². The molecule has 0 aromatic carbocycles. The third kappa shape index (κ3) is 3.32. The Bertz CT molecular complexity index is 593. The van der Waals surface area contributed by atoms with E-state index in [0.29, 0.717) is 12.5 Å². The molecule has 2 aromatic rings. The summed E-state index contributed by atoms with van der Waals surface area (Å²) in [5.74, 6) is 0.188. The second-order valence-electron chi connectivity index (χ2n) is 5.41. The lowest BCUT2D eigenvalue weighted by molar-refractivity contribution is -0.132. The Kier molecular flexibility index (Phi) is 4.34. The molecule has 0 bridgehead atoms. The number of amides is 1. The van der Waals surface area contributed by atoms with E-state index in [4.69, 9.17) is 0 Å². The first-order valence-electron chi connectivity index (χ1n) is 7.44. The van der Waals surface area contributed by atoms with Gasteiger partial charge in [0.1, 0.15) is 0 Å². The number of likely N-dealkylation sites (tertiary alicyclic amines) is 1. The van der Waals surface area contributed by atoms with E-state index in [1.807, 2.05) is 22.8 Å². The van der Waals surface area contributed by atoms with Crippen LogP contribution in [0.4, 0.5) is 0 Å². The number of hydrogen-bond donors (Lipinski definition) is 0. The van der Waals surface area contributed by atoms with Gasteiger partial charge in [-0.1, -0.05) is 6.92 Å². The molecule has 1 fully saturated rings.